The zero-order valence-corrected chi connectivity index (χ0v) is 19.8. The molecule has 5 rings (SSSR count). The van der Waals surface area contributed by atoms with Gasteiger partial charge in [0.1, 0.15) is 18.4 Å². The van der Waals surface area contributed by atoms with Crippen LogP contribution >= 0.6 is 0 Å². The molecular formula is C26H30N6O3. The molecule has 35 heavy (non-hydrogen) atoms. The molecule has 2 aliphatic heterocycles. The summed E-state index contributed by atoms with van der Waals surface area (Å²) in [6, 6.07) is 15.7. The van der Waals surface area contributed by atoms with Gasteiger partial charge in [-0.3, -0.25) is 4.79 Å². The van der Waals surface area contributed by atoms with Crippen LogP contribution < -0.4 is 25.6 Å². The van der Waals surface area contributed by atoms with Gasteiger partial charge < -0.3 is 30.3 Å². The van der Waals surface area contributed by atoms with Gasteiger partial charge in [-0.2, -0.15) is 0 Å². The molecule has 9 nitrogen and oxygen atoms in total. The summed E-state index contributed by atoms with van der Waals surface area (Å²) in [6.45, 7) is 3.81. The van der Waals surface area contributed by atoms with Crippen LogP contribution in [0.3, 0.4) is 0 Å². The molecule has 0 saturated carbocycles. The third kappa shape index (κ3) is 5.00. The summed E-state index contributed by atoms with van der Waals surface area (Å²) < 4.78 is 11.1. The maximum absolute atomic E-state index is 11.7. The fourth-order valence-electron chi connectivity index (χ4n) is 4.69. The number of anilines is 4. The van der Waals surface area contributed by atoms with Crippen molar-refractivity contribution in [3.05, 3.63) is 54.7 Å². The number of rotatable bonds is 8. The van der Waals surface area contributed by atoms with Crippen molar-refractivity contribution in [3.8, 4) is 17.0 Å². The van der Waals surface area contributed by atoms with Gasteiger partial charge in [-0.25, -0.2) is 9.97 Å². The molecule has 0 radical (unpaired) electrons. The van der Waals surface area contributed by atoms with Crippen molar-refractivity contribution in [1.29, 1.82) is 0 Å². The molecule has 9 heteroatoms. The van der Waals surface area contributed by atoms with Gasteiger partial charge in [0.2, 0.25) is 11.9 Å². The van der Waals surface area contributed by atoms with Gasteiger partial charge in [0, 0.05) is 49.4 Å². The molecule has 1 atom stereocenters. The number of fused-ring (bicyclic) bond motifs is 1. The van der Waals surface area contributed by atoms with Crippen LogP contribution in [-0.2, 0) is 9.53 Å². The number of carbonyl (C=O) groups excluding carboxylic acids is 1. The molecule has 1 aromatic heterocycles. The Bertz CT molecular complexity index is 1190. The predicted octanol–water partition coefficient (Wildman–Crippen LogP) is 3.19. The summed E-state index contributed by atoms with van der Waals surface area (Å²) in [5, 5.41) is 3.29. The van der Waals surface area contributed by atoms with E-state index in [1.54, 1.807) is 13.3 Å². The lowest BCUT2D eigenvalue weighted by Crippen LogP contribution is -2.40. The monoisotopic (exact) mass is 474 g/mol. The molecular weight excluding hydrogens is 444 g/mol. The number of hydrogen-bond donors (Lipinski definition) is 2. The summed E-state index contributed by atoms with van der Waals surface area (Å²) in [5.41, 5.74) is 10.3. The van der Waals surface area contributed by atoms with Crippen LogP contribution in [0.15, 0.2) is 54.7 Å². The third-order valence-corrected chi connectivity index (χ3v) is 6.47. The first kappa shape index (κ1) is 22.9. The molecule has 3 N–H and O–H groups in total. The number of hydrogen-bond acceptors (Lipinski definition) is 8. The first-order chi connectivity index (χ1) is 17.1. The van der Waals surface area contributed by atoms with E-state index in [-0.39, 0.29) is 11.9 Å². The number of methoxy groups -OCH3 is 1. The highest BCUT2D eigenvalue weighted by Crippen LogP contribution is 2.35. The smallest absolute Gasteiger partial charge is 0.240 e. The average molecular weight is 475 g/mol. The van der Waals surface area contributed by atoms with Crippen molar-refractivity contribution in [2.75, 3.05) is 55.1 Å². The molecule has 2 aromatic carbocycles. The minimum atomic E-state index is -0.270. The summed E-state index contributed by atoms with van der Waals surface area (Å²) >= 11 is 0. The molecule has 0 spiro atoms. The number of amides is 1. The number of carbonyl (C=O) groups is 1. The van der Waals surface area contributed by atoms with Gasteiger partial charge in [-0.1, -0.05) is 12.1 Å². The molecule has 1 amide bonds. The van der Waals surface area contributed by atoms with Crippen molar-refractivity contribution in [3.63, 3.8) is 0 Å². The first-order valence-corrected chi connectivity index (χ1v) is 11.9. The number of nitrogens with zero attached hydrogens (tertiary/aromatic N) is 4. The lowest BCUT2D eigenvalue weighted by Gasteiger charge is -2.31. The molecule has 0 bridgehead atoms. The highest BCUT2D eigenvalue weighted by atomic mass is 16.5. The van der Waals surface area contributed by atoms with Crippen LogP contribution in [-0.4, -0.2) is 61.9 Å². The lowest BCUT2D eigenvalue weighted by molar-refractivity contribution is -0.119. The van der Waals surface area contributed by atoms with Crippen molar-refractivity contribution in [1.82, 2.24) is 9.97 Å². The van der Waals surface area contributed by atoms with Crippen molar-refractivity contribution < 1.29 is 14.3 Å². The van der Waals surface area contributed by atoms with E-state index < -0.39 is 0 Å². The SMILES string of the molecule is COCCN1CCOc2cc(Nc3nccc(-c4ccc(N5CCC[C@@H]5C(N)=O)cc4)n3)ccc21. The number of aromatic nitrogens is 2. The largest absolute Gasteiger partial charge is 0.489 e. The first-order valence-electron chi connectivity index (χ1n) is 11.9. The van der Waals surface area contributed by atoms with Crippen LogP contribution in [0.5, 0.6) is 5.75 Å². The summed E-state index contributed by atoms with van der Waals surface area (Å²) in [5.74, 6) is 1.07. The highest BCUT2D eigenvalue weighted by Gasteiger charge is 2.29. The number of primary amides is 1. The molecule has 182 valence electrons. The topological polar surface area (TPSA) is 106 Å². The maximum atomic E-state index is 11.7. The zero-order chi connectivity index (χ0) is 24.2. The second-order valence-corrected chi connectivity index (χ2v) is 8.70. The summed E-state index contributed by atoms with van der Waals surface area (Å²) in [4.78, 5) is 25.2. The third-order valence-electron chi connectivity index (χ3n) is 6.47. The predicted molar refractivity (Wildman–Crippen MR) is 136 cm³/mol. The van der Waals surface area contributed by atoms with Gasteiger partial charge in [0.05, 0.1) is 24.5 Å². The van der Waals surface area contributed by atoms with Crippen LogP contribution in [0.2, 0.25) is 0 Å². The quantitative estimate of drug-likeness (QED) is 0.513. The van der Waals surface area contributed by atoms with E-state index in [0.717, 1.165) is 66.5 Å². The fourth-order valence-corrected chi connectivity index (χ4v) is 4.69. The van der Waals surface area contributed by atoms with Crippen LogP contribution in [0, 0.1) is 0 Å². The normalized spacial score (nSPS) is 17.1. The number of nitrogens with one attached hydrogen (secondary N) is 1. The molecule has 1 fully saturated rings. The molecule has 0 aliphatic carbocycles. The van der Waals surface area contributed by atoms with E-state index >= 15 is 0 Å². The summed E-state index contributed by atoms with van der Waals surface area (Å²) in [7, 11) is 1.71. The van der Waals surface area contributed by atoms with E-state index in [4.69, 9.17) is 20.2 Å². The lowest BCUT2D eigenvalue weighted by atomic mass is 10.1. The van der Waals surface area contributed by atoms with E-state index in [9.17, 15) is 4.79 Å². The number of ether oxygens (including phenoxy) is 2. The zero-order valence-electron chi connectivity index (χ0n) is 19.8. The van der Waals surface area contributed by atoms with Crippen molar-refractivity contribution in [2.45, 2.75) is 18.9 Å². The maximum Gasteiger partial charge on any atom is 0.240 e. The number of nitrogens with two attached hydrogens (primary N) is 1. The minimum Gasteiger partial charge on any atom is -0.489 e. The Balaban J connectivity index is 1.30. The number of benzene rings is 2. The Hall–Kier alpha value is -3.85. The van der Waals surface area contributed by atoms with Crippen molar-refractivity contribution >= 4 is 28.9 Å². The van der Waals surface area contributed by atoms with Crippen LogP contribution in [0.25, 0.3) is 11.3 Å². The van der Waals surface area contributed by atoms with E-state index in [1.807, 2.05) is 48.5 Å². The Labute approximate surface area is 204 Å². The van der Waals surface area contributed by atoms with Gasteiger partial charge in [0.15, 0.2) is 0 Å². The van der Waals surface area contributed by atoms with Crippen molar-refractivity contribution in [2.24, 2.45) is 5.73 Å². The average Bonchev–Trinajstić information content (AvgIpc) is 3.38. The van der Waals surface area contributed by atoms with Crippen LogP contribution in [0.4, 0.5) is 23.0 Å². The summed E-state index contributed by atoms with van der Waals surface area (Å²) in [6.07, 6.45) is 3.51. The molecule has 2 aliphatic rings. The standard InChI is InChI=1S/C26H30N6O3/c1-34-15-13-31-14-16-35-24-17-19(6-9-22(24)31)29-26-28-11-10-21(30-26)18-4-7-20(8-5-18)32-12-2-3-23(32)25(27)33/h4-11,17,23H,2-3,12-16H2,1H3,(H2,27,33)(H,28,29,30)/t23-/m1/s1. The Morgan fingerprint density at radius 1 is 1.20 bits per heavy atom. The Kier molecular flexibility index (Phi) is 6.67. The van der Waals surface area contributed by atoms with Crippen LogP contribution in [0.1, 0.15) is 12.8 Å². The van der Waals surface area contributed by atoms with Gasteiger partial charge in [-0.15, -0.1) is 0 Å². The van der Waals surface area contributed by atoms with E-state index in [1.165, 1.54) is 0 Å². The molecule has 3 aromatic rings. The van der Waals surface area contributed by atoms with Gasteiger partial charge >= 0.3 is 0 Å². The minimum absolute atomic E-state index is 0.233. The molecule has 1 saturated heterocycles. The van der Waals surface area contributed by atoms with E-state index in [0.29, 0.717) is 19.2 Å². The molecule has 3 heterocycles. The Morgan fingerprint density at radius 3 is 2.86 bits per heavy atom. The molecule has 0 unspecified atom stereocenters. The fraction of sp³-hybridized carbons (Fsp3) is 0.346. The second-order valence-electron chi connectivity index (χ2n) is 8.70. The van der Waals surface area contributed by atoms with Gasteiger partial charge in [0.25, 0.3) is 0 Å². The highest BCUT2D eigenvalue weighted by molar-refractivity contribution is 5.84. The second kappa shape index (κ2) is 10.2. The van der Waals surface area contributed by atoms with Gasteiger partial charge in [-0.05, 0) is 43.2 Å². The van der Waals surface area contributed by atoms with E-state index in [2.05, 4.69) is 20.1 Å². The Morgan fingerprint density at radius 2 is 2.06 bits per heavy atom.